The van der Waals surface area contributed by atoms with E-state index in [0.717, 1.165) is 23.8 Å². The van der Waals surface area contributed by atoms with Crippen molar-refractivity contribution in [3.8, 4) is 11.3 Å². The zero-order valence-electron chi connectivity index (χ0n) is 22.5. The first kappa shape index (κ1) is 29.8. The molecule has 2 N–H and O–H groups in total. The molecule has 1 saturated carbocycles. The van der Waals surface area contributed by atoms with E-state index in [4.69, 9.17) is 10.5 Å². The zero-order chi connectivity index (χ0) is 29.2. The van der Waals surface area contributed by atoms with E-state index in [1.807, 2.05) is 6.92 Å². The maximum Gasteiger partial charge on any atom is 0.185 e. The largest absolute Gasteiger partial charge is 0.377 e. The van der Waals surface area contributed by atoms with Gasteiger partial charge in [-0.15, -0.1) is 0 Å². The summed E-state index contributed by atoms with van der Waals surface area (Å²) in [7, 11) is -3.33. The molecule has 0 bridgehead atoms. The number of pyridine rings is 2. The van der Waals surface area contributed by atoms with Crippen LogP contribution in [0.5, 0.6) is 0 Å². The van der Waals surface area contributed by atoms with Crippen LogP contribution < -0.4 is 5.73 Å². The summed E-state index contributed by atoms with van der Waals surface area (Å²) < 4.78 is 74.1. The lowest BCUT2D eigenvalue weighted by molar-refractivity contribution is 0.0987. The number of sulfone groups is 1. The number of aromatic nitrogens is 2. The van der Waals surface area contributed by atoms with Gasteiger partial charge in [0, 0.05) is 37.7 Å². The Morgan fingerprint density at radius 1 is 1.10 bits per heavy atom. The van der Waals surface area contributed by atoms with Crippen LogP contribution in [0, 0.1) is 23.4 Å². The van der Waals surface area contributed by atoms with Crippen LogP contribution in [0.1, 0.15) is 59.8 Å². The summed E-state index contributed by atoms with van der Waals surface area (Å²) in [6.45, 7) is 3.95. The quantitative estimate of drug-likeness (QED) is 0.366. The van der Waals surface area contributed by atoms with Crippen LogP contribution >= 0.6 is 0 Å². The minimum atomic E-state index is -3.33. The first-order valence-corrected chi connectivity index (χ1v) is 15.0. The lowest BCUT2D eigenvalue weighted by atomic mass is 9.75. The van der Waals surface area contributed by atoms with Crippen LogP contribution in [0.2, 0.25) is 0 Å². The molecule has 0 unspecified atom stereocenters. The summed E-state index contributed by atoms with van der Waals surface area (Å²) in [6.07, 6.45) is 5.18. The molecular formula is C29H32F3N3O4S. The predicted molar refractivity (Wildman–Crippen MR) is 145 cm³/mol. The average molecular weight is 576 g/mol. The summed E-state index contributed by atoms with van der Waals surface area (Å²) in [6, 6.07) is 5.45. The molecule has 2 aromatic heterocycles. The third kappa shape index (κ3) is 6.42. The van der Waals surface area contributed by atoms with E-state index in [2.05, 4.69) is 9.97 Å². The molecule has 3 aromatic rings. The lowest BCUT2D eigenvalue weighted by Crippen LogP contribution is -2.48. The molecule has 0 spiro atoms. The van der Waals surface area contributed by atoms with Crippen molar-refractivity contribution in [2.45, 2.75) is 56.9 Å². The standard InChI is InChI=1S/C29H32F3N3O4S/c1-4-39-15-17-10-22(31)27(23(32)11-17)28-21(30)5-6-25(35-28)26(36)13-19-14-34-8-7-20(19)18-9-16(2)29(24(33)12-18)40(3,37)38/h5-8,10-11,14,16,18,24,29H,4,9,12-13,15,33H2,1-3H3/t16-,18+,24+,29-/m0/s1. The second-order valence-electron chi connectivity index (χ2n) is 10.4. The predicted octanol–water partition coefficient (Wildman–Crippen LogP) is 4.78. The number of nitrogens with zero attached hydrogens (tertiary/aromatic N) is 2. The SMILES string of the molecule is CCOCc1cc(F)c(-c2nc(C(=O)Cc3cnccc3[C@H]3C[C@@H](N)[C@@H](S(C)(=O)=O)[C@@H](C)C3)ccc2F)c(F)c1. The molecule has 0 amide bonds. The van der Waals surface area contributed by atoms with Crippen LogP contribution in [0.4, 0.5) is 13.2 Å². The van der Waals surface area contributed by atoms with Gasteiger partial charge in [-0.3, -0.25) is 9.78 Å². The van der Waals surface area contributed by atoms with Crippen LogP contribution in [0.15, 0.2) is 42.7 Å². The number of benzene rings is 1. The van der Waals surface area contributed by atoms with Crippen molar-refractivity contribution >= 4 is 15.6 Å². The molecule has 1 aliphatic rings. The van der Waals surface area contributed by atoms with E-state index in [9.17, 15) is 26.4 Å². The molecule has 1 aromatic carbocycles. The first-order chi connectivity index (χ1) is 18.9. The number of hydrogen-bond acceptors (Lipinski definition) is 7. The van der Waals surface area contributed by atoms with Crippen molar-refractivity contribution in [1.82, 2.24) is 9.97 Å². The molecule has 214 valence electrons. The van der Waals surface area contributed by atoms with Gasteiger partial charge in [0.25, 0.3) is 0 Å². The molecule has 40 heavy (non-hydrogen) atoms. The highest BCUT2D eigenvalue weighted by Crippen LogP contribution is 2.39. The van der Waals surface area contributed by atoms with Crippen molar-refractivity contribution in [1.29, 1.82) is 0 Å². The molecule has 1 aliphatic carbocycles. The monoisotopic (exact) mass is 575 g/mol. The third-order valence-electron chi connectivity index (χ3n) is 7.37. The van der Waals surface area contributed by atoms with Crippen LogP contribution in [-0.4, -0.2) is 48.3 Å². The fraction of sp³-hybridized carbons (Fsp3) is 0.414. The second kappa shape index (κ2) is 12.2. The molecule has 0 radical (unpaired) electrons. The van der Waals surface area contributed by atoms with Gasteiger partial charge < -0.3 is 10.5 Å². The Bertz CT molecular complexity index is 1480. The van der Waals surface area contributed by atoms with Gasteiger partial charge in [0.05, 0.1) is 17.4 Å². The Labute approximate surface area is 231 Å². The third-order valence-corrected chi connectivity index (χ3v) is 9.17. The van der Waals surface area contributed by atoms with Crippen molar-refractivity contribution < 1.29 is 31.1 Å². The van der Waals surface area contributed by atoms with Crippen LogP contribution in [0.25, 0.3) is 11.3 Å². The highest BCUT2D eigenvalue weighted by molar-refractivity contribution is 7.91. The first-order valence-electron chi connectivity index (χ1n) is 13.0. The Hall–Kier alpha value is -3.15. The summed E-state index contributed by atoms with van der Waals surface area (Å²) in [4.78, 5) is 21.4. The summed E-state index contributed by atoms with van der Waals surface area (Å²) in [5, 5.41) is -0.647. The summed E-state index contributed by atoms with van der Waals surface area (Å²) in [5.74, 6) is -3.78. The van der Waals surface area contributed by atoms with E-state index in [0.29, 0.717) is 25.0 Å². The van der Waals surface area contributed by atoms with Crippen molar-refractivity contribution in [3.63, 3.8) is 0 Å². The summed E-state index contributed by atoms with van der Waals surface area (Å²) >= 11 is 0. The number of nitrogens with two attached hydrogens (primary N) is 1. The number of ether oxygens (including phenoxy) is 1. The van der Waals surface area contributed by atoms with E-state index in [-0.39, 0.29) is 36.1 Å². The Balaban J connectivity index is 1.60. The lowest BCUT2D eigenvalue weighted by Gasteiger charge is -2.38. The fourth-order valence-corrected chi connectivity index (χ4v) is 7.43. The van der Waals surface area contributed by atoms with E-state index in [1.165, 1.54) is 12.3 Å². The van der Waals surface area contributed by atoms with E-state index in [1.54, 1.807) is 25.4 Å². The number of carbonyl (C=O) groups excluding carboxylic acids is 1. The van der Waals surface area contributed by atoms with Crippen LogP contribution in [-0.2, 0) is 27.6 Å². The Kier molecular flexibility index (Phi) is 9.06. The molecular weight excluding hydrogens is 543 g/mol. The topological polar surface area (TPSA) is 112 Å². The smallest absolute Gasteiger partial charge is 0.185 e. The second-order valence-corrected chi connectivity index (χ2v) is 12.6. The minimum absolute atomic E-state index is 0.00785. The molecule has 11 heteroatoms. The molecule has 0 saturated heterocycles. The van der Waals surface area contributed by atoms with Gasteiger partial charge in [-0.2, -0.15) is 0 Å². The number of Topliss-reactive ketones (excluding diaryl/α,β-unsaturated/α-hetero) is 1. The Morgan fingerprint density at radius 3 is 2.42 bits per heavy atom. The van der Waals surface area contributed by atoms with Crippen molar-refractivity contribution in [2.24, 2.45) is 11.7 Å². The minimum Gasteiger partial charge on any atom is -0.377 e. The summed E-state index contributed by atoms with van der Waals surface area (Å²) in [5.41, 5.74) is 6.53. The fourth-order valence-electron chi connectivity index (χ4n) is 5.73. The van der Waals surface area contributed by atoms with Gasteiger partial charge in [0.1, 0.15) is 28.8 Å². The maximum absolute atomic E-state index is 14.9. The molecule has 1 fully saturated rings. The van der Waals surface area contributed by atoms with Gasteiger partial charge in [0.2, 0.25) is 0 Å². The van der Waals surface area contributed by atoms with Gasteiger partial charge in [-0.25, -0.2) is 26.6 Å². The number of ketones is 1. The highest BCUT2D eigenvalue weighted by atomic mass is 32.2. The number of carbonyl (C=O) groups is 1. The molecule has 2 heterocycles. The van der Waals surface area contributed by atoms with Crippen molar-refractivity contribution in [3.05, 3.63) is 82.6 Å². The number of rotatable bonds is 9. The maximum atomic E-state index is 14.9. The Morgan fingerprint density at radius 2 is 1.80 bits per heavy atom. The van der Waals surface area contributed by atoms with Gasteiger partial charge in [0.15, 0.2) is 15.6 Å². The van der Waals surface area contributed by atoms with Crippen LogP contribution in [0.3, 0.4) is 0 Å². The van der Waals surface area contributed by atoms with E-state index < -0.39 is 55.6 Å². The van der Waals surface area contributed by atoms with Gasteiger partial charge >= 0.3 is 0 Å². The zero-order valence-corrected chi connectivity index (χ0v) is 23.3. The normalized spacial score (nSPS) is 21.4. The molecule has 4 rings (SSSR count). The van der Waals surface area contributed by atoms with E-state index >= 15 is 0 Å². The highest BCUT2D eigenvalue weighted by Gasteiger charge is 2.40. The molecule has 4 atom stereocenters. The van der Waals surface area contributed by atoms with Gasteiger partial charge in [-0.05, 0) is 78.6 Å². The molecule has 7 nitrogen and oxygen atoms in total. The number of hydrogen-bond donors (Lipinski definition) is 1. The van der Waals surface area contributed by atoms with Crippen molar-refractivity contribution in [2.75, 3.05) is 12.9 Å². The average Bonchev–Trinajstić information content (AvgIpc) is 2.87. The number of halogens is 3. The van der Waals surface area contributed by atoms with Gasteiger partial charge in [-0.1, -0.05) is 6.92 Å². The molecule has 0 aliphatic heterocycles.